The van der Waals surface area contributed by atoms with Gasteiger partial charge in [-0.05, 0) is 25.2 Å². The summed E-state index contributed by atoms with van der Waals surface area (Å²) in [6, 6.07) is 3.77. The van der Waals surface area contributed by atoms with Gasteiger partial charge in [-0.15, -0.1) is 12.4 Å². The predicted molar refractivity (Wildman–Crippen MR) is 69.5 cm³/mol. The zero-order valence-corrected chi connectivity index (χ0v) is 11.2. The first kappa shape index (κ1) is 16.2. The second-order valence-electron chi connectivity index (χ2n) is 3.45. The Labute approximate surface area is 111 Å². The zero-order valence-electron chi connectivity index (χ0n) is 9.67. The van der Waals surface area contributed by atoms with E-state index < -0.39 is 5.82 Å². The second kappa shape index (κ2) is 7.48. The van der Waals surface area contributed by atoms with Crippen molar-refractivity contribution in [2.24, 2.45) is 0 Å². The van der Waals surface area contributed by atoms with Crippen molar-refractivity contribution >= 4 is 29.9 Å². The fourth-order valence-corrected chi connectivity index (χ4v) is 1.50. The van der Waals surface area contributed by atoms with Gasteiger partial charge >= 0.3 is 0 Å². The van der Waals surface area contributed by atoms with E-state index in [0.717, 1.165) is 6.07 Å². The highest BCUT2D eigenvalue weighted by atomic mass is 35.5. The van der Waals surface area contributed by atoms with Crippen molar-refractivity contribution in [1.29, 1.82) is 0 Å². The summed E-state index contributed by atoms with van der Waals surface area (Å²) in [5, 5.41) is 3.08. The van der Waals surface area contributed by atoms with Crippen LogP contribution < -0.4 is 5.32 Å². The van der Waals surface area contributed by atoms with E-state index >= 15 is 0 Å². The van der Waals surface area contributed by atoms with Crippen molar-refractivity contribution in [3.63, 3.8) is 0 Å². The van der Waals surface area contributed by atoms with Gasteiger partial charge in [-0.3, -0.25) is 4.79 Å². The largest absolute Gasteiger partial charge is 0.340 e. The molecule has 1 amide bonds. The quantitative estimate of drug-likeness (QED) is 0.917. The van der Waals surface area contributed by atoms with Crippen LogP contribution in [0.3, 0.4) is 0 Å². The van der Waals surface area contributed by atoms with Gasteiger partial charge in [-0.2, -0.15) is 0 Å². The molecule has 0 saturated heterocycles. The third-order valence-electron chi connectivity index (χ3n) is 2.21. The van der Waals surface area contributed by atoms with E-state index in [2.05, 4.69) is 5.32 Å². The Bertz CT molecular complexity index is 388. The van der Waals surface area contributed by atoms with Crippen molar-refractivity contribution < 1.29 is 9.18 Å². The molecule has 0 aliphatic heterocycles. The van der Waals surface area contributed by atoms with Gasteiger partial charge in [0, 0.05) is 20.1 Å². The van der Waals surface area contributed by atoms with Gasteiger partial charge in [0.05, 0.1) is 10.6 Å². The summed E-state index contributed by atoms with van der Waals surface area (Å²) in [7, 11) is 3.49. The van der Waals surface area contributed by atoms with Crippen LogP contribution in [-0.4, -0.2) is 38.0 Å². The lowest BCUT2D eigenvalue weighted by Gasteiger charge is -2.17. The number of hydrogen-bond donors (Lipinski definition) is 1. The molecule has 96 valence electrons. The maximum Gasteiger partial charge on any atom is 0.255 e. The van der Waals surface area contributed by atoms with E-state index in [1.54, 1.807) is 7.05 Å². The van der Waals surface area contributed by atoms with E-state index in [1.165, 1.54) is 17.0 Å². The molecule has 0 fully saturated rings. The molecule has 17 heavy (non-hydrogen) atoms. The van der Waals surface area contributed by atoms with Crippen molar-refractivity contribution in [3.05, 3.63) is 34.6 Å². The van der Waals surface area contributed by atoms with Crippen LogP contribution in [0.25, 0.3) is 0 Å². The van der Waals surface area contributed by atoms with Crippen LogP contribution in [0.1, 0.15) is 10.4 Å². The first-order chi connectivity index (χ1) is 7.56. The smallest absolute Gasteiger partial charge is 0.255 e. The molecule has 3 nitrogen and oxygen atoms in total. The third-order valence-corrected chi connectivity index (χ3v) is 2.52. The average Bonchev–Trinajstić information content (AvgIpc) is 2.25. The minimum atomic E-state index is -0.445. The van der Waals surface area contributed by atoms with E-state index in [4.69, 9.17) is 11.6 Å². The summed E-state index contributed by atoms with van der Waals surface area (Å²) in [6.45, 7) is 1.27. The van der Waals surface area contributed by atoms with Gasteiger partial charge in [0.25, 0.3) is 5.91 Å². The molecule has 0 aromatic heterocycles. The second-order valence-corrected chi connectivity index (χ2v) is 3.86. The van der Waals surface area contributed by atoms with Crippen LogP contribution in [0.4, 0.5) is 4.39 Å². The Morgan fingerprint density at radius 2 is 2.18 bits per heavy atom. The molecular formula is C11H15Cl2FN2O. The van der Waals surface area contributed by atoms with Crippen molar-refractivity contribution in [3.8, 4) is 0 Å². The Morgan fingerprint density at radius 1 is 1.53 bits per heavy atom. The molecule has 1 aromatic carbocycles. The van der Waals surface area contributed by atoms with Crippen LogP contribution >= 0.6 is 24.0 Å². The van der Waals surface area contributed by atoms with Crippen molar-refractivity contribution in [2.45, 2.75) is 0 Å². The molecule has 0 heterocycles. The molecule has 0 unspecified atom stereocenters. The average molecular weight is 281 g/mol. The van der Waals surface area contributed by atoms with Gasteiger partial charge in [-0.1, -0.05) is 11.6 Å². The standard InChI is InChI=1S/C11H14ClFN2O.ClH/c1-14-5-6-15(2)11(16)9-4-3-8(13)7-10(9)12;/h3-4,7,14H,5-6H2,1-2H3;1H. The number of likely N-dealkylation sites (N-methyl/N-ethyl adjacent to an activating group) is 2. The van der Waals surface area contributed by atoms with E-state index in [1.807, 2.05) is 7.05 Å². The zero-order chi connectivity index (χ0) is 12.1. The first-order valence-corrected chi connectivity index (χ1v) is 5.29. The van der Waals surface area contributed by atoms with E-state index in [9.17, 15) is 9.18 Å². The lowest BCUT2D eigenvalue weighted by Crippen LogP contribution is -2.32. The lowest BCUT2D eigenvalue weighted by molar-refractivity contribution is 0.0797. The Kier molecular flexibility index (Phi) is 7.11. The number of rotatable bonds is 4. The normalized spacial score (nSPS) is 9.65. The van der Waals surface area contributed by atoms with Gasteiger partial charge in [-0.25, -0.2) is 4.39 Å². The summed E-state index contributed by atoms with van der Waals surface area (Å²) in [6.07, 6.45) is 0. The summed E-state index contributed by atoms with van der Waals surface area (Å²) < 4.78 is 12.8. The maximum absolute atomic E-state index is 12.8. The Balaban J connectivity index is 0.00000256. The predicted octanol–water partition coefficient (Wildman–Crippen LogP) is 2.19. The minimum Gasteiger partial charge on any atom is -0.340 e. The van der Waals surface area contributed by atoms with Crippen LogP contribution in [0.2, 0.25) is 5.02 Å². The topological polar surface area (TPSA) is 32.3 Å². The molecule has 0 spiro atoms. The highest BCUT2D eigenvalue weighted by molar-refractivity contribution is 6.33. The Hall–Kier alpha value is -0.840. The molecule has 1 rings (SSSR count). The molecule has 1 N–H and O–H groups in total. The van der Waals surface area contributed by atoms with Crippen LogP contribution in [-0.2, 0) is 0 Å². The number of hydrogen-bond acceptors (Lipinski definition) is 2. The summed E-state index contributed by atoms with van der Waals surface area (Å²) >= 11 is 5.80. The van der Waals surface area contributed by atoms with Crippen LogP contribution in [0.5, 0.6) is 0 Å². The first-order valence-electron chi connectivity index (χ1n) is 4.91. The molecular weight excluding hydrogens is 266 g/mol. The molecule has 0 aliphatic carbocycles. The molecule has 1 aromatic rings. The molecule has 0 saturated carbocycles. The summed E-state index contributed by atoms with van der Waals surface area (Å²) in [5.74, 6) is -0.653. The van der Waals surface area contributed by atoms with Gasteiger partial charge in [0.2, 0.25) is 0 Å². The van der Waals surface area contributed by atoms with Gasteiger partial charge in [0.1, 0.15) is 5.82 Å². The van der Waals surface area contributed by atoms with Crippen LogP contribution in [0, 0.1) is 5.82 Å². The fourth-order valence-electron chi connectivity index (χ4n) is 1.25. The molecule has 0 bridgehead atoms. The number of nitrogens with zero attached hydrogens (tertiary/aromatic N) is 1. The van der Waals surface area contributed by atoms with Crippen molar-refractivity contribution in [1.82, 2.24) is 10.2 Å². The highest BCUT2D eigenvalue weighted by Crippen LogP contribution is 2.18. The number of benzene rings is 1. The van der Waals surface area contributed by atoms with Gasteiger partial charge < -0.3 is 10.2 Å². The lowest BCUT2D eigenvalue weighted by atomic mass is 10.2. The number of amides is 1. The number of carbonyl (C=O) groups is 1. The molecule has 0 atom stereocenters. The third kappa shape index (κ3) is 4.50. The maximum atomic E-state index is 12.8. The SMILES string of the molecule is CNCCN(C)C(=O)c1ccc(F)cc1Cl.Cl. The fraction of sp³-hybridized carbons (Fsp3) is 0.364. The highest BCUT2D eigenvalue weighted by Gasteiger charge is 2.14. The number of nitrogens with one attached hydrogen (secondary N) is 1. The summed E-state index contributed by atoms with van der Waals surface area (Å²) in [5.41, 5.74) is 0.321. The molecule has 0 aliphatic rings. The summed E-state index contributed by atoms with van der Waals surface area (Å²) in [4.78, 5) is 13.4. The monoisotopic (exact) mass is 280 g/mol. The molecule has 0 radical (unpaired) electrons. The minimum absolute atomic E-state index is 0. The van der Waals surface area contributed by atoms with Gasteiger partial charge in [0.15, 0.2) is 0 Å². The van der Waals surface area contributed by atoms with Crippen molar-refractivity contribution in [2.75, 3.05) is 27.2 Å². The Morgan fingerprint density at radius 3 is 2.71 bits per heavy atom. The van der Waals surface area contributed by atoms with E-state index in [-0.39, 0.29) is 23.3 Å². The van der Waals surface area contributed by atoms with Crippen LogP contribution in [0.15, 0.2) is 18.2 Å². The molecule has 6 heteroatoms. The number of halogens is 3. The van der Waals surface area contributed by atoms with E-state index in [0.29, 0.717) is 18.7 Å². The number of carbonyl (C=O) groups excluding carboxylic acids is 1.